The summed E-state index contributed by atoms with van der Waals surface area (Å²) >= 11 is 1.49. The van der Waals surface area contributed by atoms with Crippen molar-refractivity contribution in [3.8, 4) is 11.5 Å². The van der Waals surface area contributed by atoms with E-state index in [1.165, 1.54) is 18.4 Å². The molecule has 2 heterocycles. The Morgan fingerprint density at radius 2 is 2.03 bits per heavy atom. The maximum absolute atomic E-state index is 12.5. The molecule has 0 unspecified atom stereocenters. The molecule has 1 aromatic heterocycles. The Kier molecular flexibility index (Phi) is 5.35. The average Bonchev–Trinajstić information content (AvgIpc) is 3.34. The van der Waals surface area contributed by atoms with Crippen molar-refractivity contribution >= 4 is 39.1 Å². The van der Waals surface area contributed by atoms with Gasteiger partial charge in [0.1, 0.15) is 23.1 Å². The van der Waals surface area contributed by atoms with Gasteiger partial charge in [0.2, 0.25) is 5.91 Å². The second-order valence-electron chi connectivity index (χ2n) is 6.63. The fraction of sp³-hybridized carbons (Fsp3) is 0.286. The van der Waals surface area contributed by atoms with Gasteiger partial charge in [0, 0.05) is 19.0 Å². The summed E-state index contributed by atoms with van der Waals surface area (Å²) < 4.78 is 17.1. The molecule has 0 bridgehead atoms. The van der Waals surface area contributed by atoms with Crippen LogP contribution in [0.1, 0.15) is 11.4 Å². The Morgan fingerprint density at radius 3 is 2.79 bits per heavy atom. The maximum atomic E-state index is 12.5. The van der Waals surface area contributed by atoms with Gasteiger partial charge in [0.25, 0.3) is 0 Å². The van der Waals surface area contributed by atoms with Crippen LogP contribution in [0.25, 0.3) is 10.2 Å². The van der Waals surface area contributed by atoms with Crippen molar-refractivity contribution in [2.75, 3.05) is 25.7 Å². The van der Waals surface area contributed by atoms with Crippen LogP contribution >= 0.6 is 11.3 Å². The van der Waals surface area contributed by atoms with Crippen LogP contribution in [-0.4, -0.2) is 37.6 Å². The minimum absolute atomic E-state index is 0.105. The van der Waals surface area contributed by atoms with Crippen molar-refractivity contribution in [3.05, 3.63) is 47.5 Å². The molecule has 1 atom stereocenters. The quantitative estimate of drug-likeness (QED) is 0.578. The number of aromatic nitrogens is 1. The van der Waals surface area contributed by atoms with Crippen molar-refractivity contribution in [3.63, 3.8) is 0 Å². The zero-order valence-corrected chi connectivity index (χ0v) is 16.9. The summed E-state index contributed by atoms with van der Waals surface area (Å²) in [7, 11) is 3.09. The summed E-state index contributed by atoms with van der Waals surface area (Å²) in [5, 5.41) is 0.734. The summed E-state index contributed by atoms with van der Waals surface area (Å²) in [4.78, 5) is 31.1. The van der Waals surface area contributed by atoms with E-state index < -0.39 is 11.9 Å². The number of thiazole rings is 1. The number of nitrogens with zero attached hydrogens (tertiary/aromatic N) is 2. The molecule has 1 aliphatic rings. The van der Waals surface area contributed by atoms with E-state index in [9.17, 15) is 9.59 Å². The largest absolute Gasteiger partial charge is 0.497 e. The molecule has 1 aliphatic heterocycles. The van der Waals surface area contributed by atoms with E-state index in [0.29, 0.717) is 17.2 Å². The van der Waals surface area contributed by atoms with E-state index in [2.05, 4.69) is 4.98 Å². The van der Waals surface area contributed by atoms with Crippen LogP contribution in [0.2, 0.25) is 0 Å². The standard InChI is InChI=1S/C21H20N2O5S/c1-26-14-7-8-16(17(10-14)27-2)23-11-13(9-20(23)24)21(25)28-12-19-22-15-5-3-4-6-18(15)29-19/h3-8,10,13H,9,11-12H2,1-2H3/t13-/m0/s1. The van der Waals surface area contributed by atoms with Crippen molar-refractivity contribution in [1.82, 2.24) is 4.98 Å². The molecule has 29 heavy (non-hydrogen) atoms. The molecule has 0 saturated carbocycles. The first-order valence-electron chi connectivity index (χ1n) is 9.12. The average molecular weight is 412 g/mol. The lowest BCUT2D eigenvalue weighted by atomic mass is 10.1. The molecule has 0 radical (unpaired) electrons. The number of rotatable bonds is 6. The van der Waals surface area contributed by atoms with Crippen LogP contribution in [0.3, 0.4) is 0 Å². The lowest BCUT2D eigenvalue weighted by Crippen LogP contribution is -2.26. The topological polar surface area (TPSA) is 78.0 Å². The highest BCUT2D eigenvalue weighted by molar-refractivity contribution is 7.18. The number of hydrogen-bond acceptors (Lipinski definition) is 7. The smallest absolute Gasteiger partial charge is 0.311 e. The Hall–Kier alpha value is -3.13. The summed E-state index contributed by atoms with van der Waals surface area (Å²) in [6.45, 7) is 0.356. The zero-order valence-electron chi connectivity index (χ0n) is 16.1. The van der Waals surface area contributed by atoms with E-state index >= 15 is 0 Å². The molecule has 7 nitrogen and oxygen atoms in total. The number of methoxy groups -OCH3 is 2. The lowest BCUT2D eigenvalue weighted by molar-refractivity contribution is -0.149. The summed E-state index contributed by atoms with van der Waals surface area (Å²) in [5.74, 6) is 0.0805. The van der Waals surface area contributed by atoms with E-state index in [1.807, 2.05) is 24.3 Å². The molecule has 8 heteroatoms. The highest BCUT2D eigenvalue weighted by Gasteiger charge is 2.37. The van der Waals surface area contributed by atoms with Gasteiger partial charge in [-0.05, 0) is 24.3 Å². The Labute approximate surface area is 171 Å². The number of anilines is 1. The van der Waals surface area contributed by atoms with E-state index in [0.717, 1.165) is 15.2 Å². The normalized spacial score (nSPS) is 16.3. The van der Waals surface area contributed by atoms with Gasteiger partial charge in [-0.2, -0.15) is 0 Å². The molecule has 3 aromatic rings. The number of carbonyl (C=O) groups excluding carboxylic acids is 2. The summed E-state index contributed by atoms with van der Waals surface area (Å²) in [5.41, 5.74) is 1.50. The van der Waals surface area contributed by atoms with E-state index in [-0.39, 0.29) is 25.5 Å². The van der Waals surface area contributed by atoms with Crippen LogP contribution < -0.4 is 14.4 Å². The maximum Gasteiger partial charge on any atom is 0.311 e. The molecule has 150 valence electrons. The van der Waals surface area contributed by atoms with Gasteiger partial charge in [-0.25, -0.2) is 4.98 Å². The van der Waals surface area contributed by atoms with Crippen molar-refractivity contribution < 1.29 is 23.8 Å². The third-order valence-corrected chi connectivity index (χ3v) is 5.82. The fourth-order valence-corrected chi connectivity index (χ4v) is 4.22. The molecule has 4 rings (SSSR count). The minimum atomic E-state index is -0.524. The molecule has 0 spiro atoms. The first-order chi connectivity index (χ1) is 14.1. The van der Waals surface area contributed by atoms with Crippen molar-refractivity contribution in [1.29, 1.82) is 0 Å². The second-order valence-corrected chi connectivity index (χ2v) is 7.74. The molecular formula is C21H20N2O5S. The molecular weight excluding hydrogens is 392 g/mol. The van der Waals surface area contributed by atoms with Gasteiger partial charge in [-0.3, -0.25) is 9.59 Å². The number of amides is 1. The number of para-hydroxylation sites is 1. The molecule has 1 fully saturated rings. The van der Waals surface area contributed by atoms with Crippen LogP contribution in [0.15, 0.2) is 42.5 Å². The predicted molar refractivity (Wildman–Crippen MR) is 109 cm³/mol. The first-order valence-corrected chi connectivity index (χ1v) is 9.94. The molecule has 0 N–H and O–H groups in total. The van der Waals surface area contributed by atoms with Crippen LogP contribution in [-0.2, 0) is 20.9 Å². The van der Waals surface area contributed by atoms with Gasteiger partial charge in [0.15, 0.2) is 0 Å². The van der Waals surface area contributed by atoms with Gasteiger partial charge in [-0.15, -0.1) is 11.3 Å². The number of carbonyl (C=O) groups is 2. The number of esters is 1. The van der Waals surface area contributed by atoms with Gasteiger partial charge < -0.3 is 19.1 Å². The fourth-order valence-electron chi connectivity index (χ4n) is 3.34. The molecule has 2 aromatic carbocycles. The Bertz CT molecular complexity index is 1030. The van der Waals surface area contributed by atoms with Crippen LogP contribution in [0.4, 0.5) is 5.69 Å². The zero-order chi connectivity index (χ0) is 20.4. The van der Waals surface area contributed by atoms with Crippen LogP contribution in [0.5, 0.6) is 11.5 Å². The monoisotopic (exact) mass is 412 g/mol. The second kappa shape index (κ2) is 8.08. The highest BCUT2D eigenvalue weighted by atomic mass is 32.1. The summed E-state index contributed by atoms with van der Waals surface area (Å²) in [6.07, 6.45) is 0.105. The molecule has 0 aliphatic carbocycles. The van der Waals surface area contributed by atoms with Gasteiger partial charge in [0.05, 0.1) is 36.0 Å². The Morgan fingerprint density at radius 1 is 1.21 bits per heavy atom. The number of hydrogen-bond donors (Lipinski definition) is 0. The van der Waals surface area contributed by atoms with Crippen LogP contribution in [0, 0.1) is 5.92 Å². The number of benzene rings is 2. The van der Waals surface area contributed by atoms with Gasteiger partial charge in [-0.1, -0.05) is 12.1 Å². The van der Waals surface area contributed by atoms with Crippen molar-refractivity contribution in [2.24, 2.45) is 5.92 Å². The highest BCUT2D eigenvalue weighted by Crippen LogP contribution is 2.36. The number of fused-ring (bicyclic) bond motifs is 1. The lowest BCUT2D eigenvalue weighted by Gasteiger charge is -2.20. The first kappa shape index (κ1) is 19.2. The third kappa shape index (κ3) is 3.88. The van der Waals surface area contributed by atoms with Gasteiger partial charge >= 0.3 is 5.97 Å². The molecule has 1 amide bonds. The van der Waals surface area contributed by atoms with E-state index in [4.69, 9.17) is 14.2 Å². The third-order valence-electron chi connectivity index (χ3n) is 4.81. The Balaban J connectivity index is 1.42. The SMILES string of the molecule is COc1ccc(N2C[C@@H](C(=O)OCc3nc4ccccc4s3)CC2=O)c(OC)c1. The van der Waals surface area contributed by atoms with Crippen molar-refractivity contribution in [2.45, 2.75) is 13.0 Å². The number of ether oxygens (including phenoxy) is 3. The molecule has 1 saturated heterocycles. The predicted octanol–water partition coefficient (Wildman–Crippen LogP) is 3.41. The summed E-state index contributed by atoms with van der Waals surface area (Å²) in [6, 6.07) is 13.0. The van der Waals surface area contributed by atoms with E-state index in [1.54, 1.807) is 30.2 Å². The minimum Gasteiger partial charge on any atom is -0.497 e.